The van der Waals surface area contributed by atoms with Crippen molar-refractivity contribution in [1.29, 1.82) is 0 Å². The highest BCUT2D eigenvalue weighted by Gasteiger charge is 2.23. The summed E-state index contributed by atoms with van der Waals surface area (Å²) in [6.45, 7) is 2.09. The molecule has 0 aliphatic carbocycles. The number of ether oxygens (including phenoxy) is 1. The molecular formula is C14H16BrClF2N4O2. The molecular weight excluding hydrogens is 410 g/mol. The molecule has 24 heavy (non-hydrogen) atoms. The molecule has 0 aliphatic heterocycles. The second-order valence-corrected chi connectivity index (χ2v) is 6.40. The fraction of sp³-hybridized carbons (Fsp3) is 0.429. The monoisotopic (exact) mass is 424 g/mol. The second kappa shape index (κ2) is 8.19. The Morgan fingerprint density at radius 1 is 1.33 bits per heavy atom. The zero-order valence-corrected chi connectivity index (χ0v) is 15.4. The first kappa shape index (κ1) is 19.0. The van der Waals surface area contributed by atoms with Gasteiger partial charge in [-0.25, -0.2) is 13.8 Å². The number of fused-ring (bicyclic) bond motifs is 1. The molecule has 0 aliphatic rings. The summed E-state index contributed by atoms with van der Waals surface area (Å²) in [5, 5.41) is 2.50. The Morgan fingerprint density at radius 3 is 2.71 bits per heavy atom. The molecule has 0 spiro atoms. The SMILES string of the molecule is CN(C)CCNCCOc1c(F)c(Br)c(F)c2nc(Cl)[nH]c(=O)c12. The highest BCUT2D eigenvalue weighted by molar-refractivity contribution is 9.10. The lowest BCUT2D eigenvalue weighted by Crippen LogP contribution is -2.29. The molecule has 0 saturated heterocycles. The number of aromatic nitrogens is 2. The Bertz CT molecular complexity index is 801. The predicted octanol–water partition coefficient (Wildman–Crippen LogP) is 2.15. The topological polar surface area (TPSA) is 70.2 Å². The van der Waals surface area contributed by atoms with Crippen molar-refractivity contribution in [2.45, 2.75) is 0 Å². The number of hydrogen-bond acceptors (Lipinski definition) is 5. The quantitative estimate of drug-likeness (QED) is 0.404. The van der Waals surface area contributed by atoms with E-state index in [1.165, 1.54) is 0 Å². The van der Waals surface area contributed by atoms with Crippen LogP contribution in [0.25, 0.3) is 10.9 Å². The molecule has 0 unspecified atom stereocenters. The molecule has 0 fully saturated rings. The van der Waals surface area contributed by atoms with E-state index in [4.69, 9.17) is 16.3 Å². The van der Waals surface area contributed by atoms with E-state index in [-0.39, 0.29) is 28.5 Å². The van der Waals surface area contributed by atoms with Crippen LogP contribution in [0.3, 0.4) is 0 Å². The summed E-state index contributed by atoms with van der Waals surface area (Å²) in [4.78, 5) is 19.9. The molecule has 0 bridgehead atoms. The minimum atomic E-state index is -1.01. The fourth-order valence-electron chi connectivity index (χ4n) is 2.01. The van der Waals surface area contributed by atoms with Crippen LogP contribution in [-0.2, 0) is 0 Å². The third kappa shape index (κ3) is 4.21. The molecule has 1 aromatic carbocycles. The summed E-state index contributed by atoms with van der Waals surface area (Å²) in [6.07, 6.45) is 0. The lowest BCUT2D eigenvalue weighted by molar-refractivity contribution is 0.296. The third-order valence-electron chi connectivity index (χ3n) is 3.17. The first-order valence-electron chi connectivity index (χ1n) is 7.07. The van der Waals surface area contributed by atoms with Crippen molar-refractivity contribution in [3.63, 3.8) is 0 Å². The van der Waals surface area contributed by atoms with Crippen LogP contribution < -0.4 is 15.6 Å². The summed E-state index contributed by atoms with van der Waals surface area (Å²) >= 11 is 8.43. The van der Waals surface area contributed by atoms with Gasteiger partial charge in [0.15, 0.2) is 17.4 Å². The third-order valence-corrected chi connectivity index (χ3v) is 4.05. The van der Waals surface area contributed by atoms with Gasteiger partial charge in [0.2, 0.25) is 5.28 Å². The van der Waals surface area contributed by atoms with Gasteiger partial charge in [0.1, 0.15) is 17.5 Å². The Balaban J connectivity index is 2.25. The number of benzene rings is 1. The zero-order valence-electron chi connectivity index (χ0n) is 13.1. The van der Waals surface area contributed by atoms with Crippen molar-refractivity contribution in [2.75, 3.05) is 40.3 Å². The van der Waals surface area contributed by atoms with Crippen LogP contribution in [0, 0.1) is 11.6 Å². The van der Waals surface area contributed by atoms with Gasteiger partial charge in [0.25, 0.3) is 5.56 Å². The van der Waals surface area contributed by atoms with Crippen molar-refractivity contribution in [2.24, 2.45) is 0 Å². The van der Waals surface area contributed by atoms with Crippen molar-refractivity contribution < 1.29 is 13.5 Å². The van der Waals surface area contributed by atoms with Gasteiger partial charge in [-0.2, -0.15) is 0 Å². The Hall–Kier alpha value is -1.29. The van der Waals surface area contributed by atoms with Crippen molar-refractivity contribution in [3.05, 3.63) is 31.7 Å². The lowest BCUT2D eigenvalue weighted by atomic mass is 10.2. The molecule has 2 N–H and O–H groups in total. The number of halogens is 4. The van der Waals surface area contributed by atoms with E-state index < -0.39 is 21.7 Å². The second-order valence-electron chi connectivity index (χ2n) is 5.25. The molecule has 1 heterocycles. The van der Waals surface area contributed by atoms with Crippen molar-refractivity contribution in [3.8, 4) is 5.75 Å². The maximum absolute atomic E-state index is 14.3. The number of H-pyrrole nitrogens is 1. The largest absolute Gasteiger partial charge is 0.488 e. The molecule has 1 aromatic heterocycles. The first-order chi connectivity index (χ1) is 11.3. The minimum absolute atomic E-state index is 0.0968. The molecule has 6 nitrogen and oxygen atoms in total. The van der Waals surface area contributed by atoms with E-state index in [0.29, 0.717) is 6.54 Å². The van der Waals surface area contributed by atoms with Gasteiger partial charge in [0, 0.05) is 19.6 Å². The standard InChI is InChI=1S/C14H16BrClF2N4O2/c1-22(2)5-3-19-4-6-24-12-7-11(9(17)8(15)10(12)18)20-14(16)21-13(7)23/h19H,3-6H2,1-2H3,(H,20,21,23). The average Bonchev–Trinajstić information content (AvgIpc) is 2.51. The van der Waals surface area contributed by atoms with E-state index >= 15 is 0 Å². The average molecular weight is 426 g/mol. The lowest BCUT2D eigenvalue weighted by Gasteiger charge is -2.13. The van der Waals surface area contributed by atoms with Gasteiger partial charge in [-0.1, -0.05) is 0 Å². The van der Waals surface area contributed by atoms with E-state index in [1.807, 2.05) is 19.0 Å². The summed E-state index contributed by atoms with van der Waals surface area (Å²) < 4.78 is 33.3. The minimum Gasteiger partial charge on any atom is -0.488 e. The smallest absolute Gasteiger partial charge is 0.263 e. The predicted molar refractivity (Wildman–Crippen MR) is 91.9 cm³/mol. The first-order valence-corrected chi connectivity index (χ1v) is 8.24. The maximum Gasteiger partial charge on any atom is 0.263 e. The van der Waals surface area contributed by atoms with Crippen LogP contribution in [0.5, 0.6) is 5.75 Å². The molecule has 132 valence electrons. The van der Waals surface area contributed by atoms with Crippen LogP contribution >= 0.6 is 27.5 Å². The maximum atomic E-state index is 14.3. The molecule has 10 heteroatoms. The molecule has 0 saturated carbocycles. The summed E-state index contributed by atoms with van der Waals surface area (Å²) in [5.41, 5.74) is -1.13. The molecule has 0 atom stereocenters. The highest BCUT2D eigenvalue weighted by atomic mass is 79.9. The Labute approximate surface area is 150 Å². The van der Waals surface area contributed by atoms with Crippen LogP contribution in [-0.4, -0.2) is 55.2 Å². The molecule has 0 amide bonds. The summed E-state index contributed by atoms with van der Waals surface area (Å²) in [6, 6.07) is 0. The van der Waals surface area contributed by atoms with Gasteiger partial charge in [-0.3, -0.25) is 9.78 Å². The number of nitrogens with zero attached hydrogens (tertiary/aromatic N) is 2. The zero-order chi connectivity index (χ0) is 17.9. The molecule has 0 radical (unpaired) electrons. The number of hydrogen-bond donors (Lipinski definition) is 2. The van der Waals surface area contributed by atoms with E-state index in [0.717, 1.165) is 13.1 Å². The summed E-state index contributed by atoms with van der Waals surface area (Å²) in [7, 11) is 3.89. The van der Waals surface area contributed by atoms with Gasteiger partial charge < -0.3 is 15.0 Å². The Morgan fingerprint density at radius 2 is 2.04 bits per heavy atom. The Kier molecular flexibility index (Phi) is 6.50. The van der Waals surface area contributed by atoms with E-state index in [2.05, 4.69) is 31.2 Å². The van der Waals surface area contributed by atoms with E-state index in [9.17, 15) is 13.6 Å². The van der Waals surface area contributed by atoms with Crippen molar-refractivity contribution in [1.82, 2.24) is 20.2 Å². The summed E-state index contributed by atoms with van der Waals surface area (Å²) in [5.74, 6) is -2.37. The number of nitrogens with one attached hydrogen (secondary N) is 2. The number of likely N-dealkylation sites (N-methyl/N-ethyl adjacent to an activating group) is 1. The van der Waals surface area contributed by atoms with Gasteiger partial charge in [0.05, 0.1) is 4.47 Å². The van der Waals surface area contributed by atoms with Gasteiger partial charge in [-0.05, 0) is 41.6 Å². The van der Waals surface area contributed by atoms with Crippen LogP contribution in [0.1, 0.15) is 0 Å². The normalized spacial score (nSPS) is 11.5. The van der Waals surface area contributed by atoms with Gasteiger partial charge >= 0.3 is 0 Å². The van der Waals surface area contributed by atoms with Crippen molar-refractivity contribution >= 4 is 38.4 Å². The number of aromatic amines is 1. The van der Waals surface area contributed by atoms with Crippen LogP contribution in [0.15, 0.2) is 9.27 Å². The molecule has 2 rings (SSSR count). The van der Waals surface area contributed by atoms with E-state index in [1.54, 1.807) is 0 Å². The highest BCUT2D eigenvalue weighted by Crippen LogP contribution is 2.34. The van der Waals surface area contributed by atoms with Crippen LogP contribution in [0.2, 0.25) is 5.28 Å². The molecule has 2 aromatic rings. The van der Waals surface area contributed by atoms with Gasteiger partial charge in [-0.15, -0.1) is 0 Å². The fourth-order valence-corrected chi connectivity index (χ4v) is 2.55. The number of rotatable bonds is 7. The van der Waals surface area contributed by atoms with Crippen LogP contribution in [0.4, 0.5) is 8.78 Å².